The van der Waals surface area contributed by atoms with Crippen molar-refractivity contribution < 1.29 is 0 Å². The summed E-state index contributed by atoms with van der Waals surface area (Å²) in [4.78, 5) is 7.11. The van der Waals surface area contributed by atoms with E-state index in [1.807, 2.05) is 12.4 Å². The zero-order chi connectivity index (χ0) is 19.5. The first-order valence-electron chi connectivity index (χ1n) is 10.4. The van der Waals surface area contributed by atoms with Crippen LogP contribution in [0.1, 0.15) is 6.42 Å². The van der Waals surface area contributed by atoms with E-state index in [-0.39, 0.29) is 0 Å². The lowest BCUT2D eigenvalue weighted by atomic mass is 10.0. The first kappa shape index (κ1) is 18.6. The van der Waals surface area contributed by atoms with Crippen molar-refractivity contribution in [2.45, 2.75) is 13.0 Å². The molecule has 1 aliphatic rings. The molecule has 3 aromatic heterocycles. The summed E-state index contributed by atoms with van der Waals surface area (Å²) in [6.07, 6.45) is 7.43. The van der Waals surface area contributed by atoms with Crippen molar-refractivity contribution in [2.75, 3.05) is 32.7 Å². The summed E-state index contributed by atoms with van der Waals surface area (Å²) < 4.78 is 2.42. The van der Waals surface area contributed by atoms with Gasteiger partial charge < -0.3 is 14.8 Å². The summed E-state index contributed by atoms with van der Waals surface area (Å²) in [6, 6.07) is 13.2. The van der Waals surface area contributed by atoms with Crippen molar-refractivity contribution in [3.63, 3.8) is 0 Å². The minimum atomic E-state index is 1.04. The highest BCUT2D eigenvalue weighted by Crippen LogP contribution is 2.33. The van der Waals surface area contributed by atoms with Crippen LogP contribution in [0.5, 0.6) is 0 Å². The van der Waals surface area contributed by atoms with Crippen molar-refractivity contribution in [3.8, 4) is 22.3 Å². The molecule has 1 aliphatic heterocycles. The average Bonchev–Trinajstić information content (AvgIpc) is 3.44. The number of fused-ring (bicyclic) bond motifs is 1. The molecule has 0 unspecified atom stereocenters. The summed E-state index contributed by atoms with van der Waals surface area (Å²) in [5, 5.41) is 9.03. The van der Waals surface area contributed by atoms with Crippen LogP contribution >= 0.6 is 11.3 Å². The molecule has 0 aliphatic carbocycles. The highest BCUT2D eigenvalue weighted by atomic mass is 32.1. The Kier molecular flexibility index (Phi) is 5.43. The van der Waals surface area contributed by atoms with Gasteiger partial charge in [-0.1, -0.05) is 18.2 Å². The first-order chi connectivity index (χ1) is 14.4. The van der Waals surface area contributed by atoms with E-state index < -0.39 is 0 Å². The average molecular weight is 403 g/mol. The van der Waals surface area contributed by atoms with E-state index in [0.717, 1.165) is 19.6 Å². The molecule has 148 valence electrons. The van der Waals surface area contributed by atoms with Gasteiger partial charge in [0, 0.05) is 78.9 Å². The number of pyridine rings is 1. The number of benzene rings is 1. The number of aryl methyl sites for hydroxylation is 1. The SMILES string of the molecule is c1ccc2c(c1)c(-c1cncc(-c3ccsc3)c1)cn2CCCN1CCNCC1. The van der Waals surface area contributed by atoms with E-state index in [9.17, 15) is 0 Å². The molecule has 0 radical (unpaired) electrons. The Labute approximate surface area is 175 Å². The van der Waals surface area contributed by atoms with Crippen molar-refractivity contribution in [3.05, 3.63) is 65.7 Å². The summed E-state index contributed by atoms with van der Waals surface area (Å²) in [7, 11) is 0. The van der Waals surface area contributed by atoms with Crippen molar-refractivity contribution in [2.24, 2.45) is 0 Å². The molecule has 4 heterocycles. The number of thiophene rings is 1. The fourth-order valence-electron chi connectivity index (χ4n) is 4.24. The normalized spacial score (nSPS) is 15.2. The van der Waals surface area contributed by atoms with E-state index in [1.54, 1.807) is 11.3 Å². The molecule has 0 bridgehead atoms. The molecule has 5 rings (SSSR count). The Morgan fingerprint density at radius 3 is 2.69 bits per heavy atom. The molecule has 5 heteroatoms. The van der Waals surface area contributed by atoms with Gasteiger partial charge in [0.15, 0.2) is 0 Å². The number of piperazine rings is 1. The lowest BCUT2D eigenvalue weighted by molar-refractivity contribution is 0.235. The van der Waals surface area contributed by atoms with Crippen LogP contribution in [-0.4, -0.2) is 47.2 Å². The molecule has 4 nitrogen and oxygen atoms in total. The highest BCUT2D eigenvalue weighted by molar-refractivity contribution is 7.08. The van der Waals surface area contributed by atoms with Crippen molar-refractivity contribution in [1.82, 2.24) is 19.8 Å². The number of hydrogen-bond acceptors (Lipinski definition) is 4. The van der Waals surface area contributed by atoms with Gasteiger partial charge in [-0.2, -0.15) is 11.3 Å². The molecule has 1 aromatic carbocycles. The second-order valence-electron chi connectivity index (χ2n) is 7.67. The van der Waals surface area contributed by atoms with Crippen LogP contribution in [0.3, 0.4) is 0 Å². The Morgan fingerprint density at radius 1 is 0.966 bits per heavy atom. The Balaban J connectivity index is 1.42. The largest absolute Gasteiger partial charge is 0.347 e. The van der Waals surface area contributed by atoms with Crippen LogP contribution in [0.2, 0.25) is 0 Å². The minimum absolute atomic E-state index is 1.04. The number of rotatable bonds is 6. The highest BCUT2D eigenvalue weighted by Gasteiger charge is 2.13. The molecule has 4 aromatic rings. The second kappa shape index (κ2) is 8.49. The predicted molar refractivity (Wildman–Crippen MR) is 122 cm³/mol. The second-order valence-corrected chi connectivity index (χ2v) is 8.45. The van der Waals surface area contributed by atoms with Gasteiger partial charge >= 0.3 is 0 Å². The zero-order valence-electron chi connectivity index (χ0n) is 16.6. The third kappa shape index (κ3) is 3.99. The van der Waals surface area contributed by atoms with Gasteiger partial charge in [-0.25, -0.2) is 0 Å². The zero-order valence-corrected chi connectivity index (χ0v) is 17.4. The maximum Gasteiger partial charge on any atom is 0.0486 e. The van der Waals surface area contributed by atoms with E-state index in [4.69, 9.17) is 0 Å². The molecule has 1 N–H and O–H groups in total. The van der Waals surface area contributed by atoms with E-state index in [0.29, 0.717) is 0 Å². The van der Waals surface area contributed by atoms with Crippen LogP contribution in [-0.2, 0) is 6.54 Å². The first-order valence-corrected chi connectivity index (χ1v) is 11.3. The number of hydrogen-bond donors (Lipinski definition) is 1. The fourth-order valence-corrected chi connectivity index (χ4v) is 4.90. The van der Waals surface area contributed by atoms with E-state index >= 15 is 0 Å². The molecule has 29 heavy (non-hydrogen) atoms. The number of nitrogens with zero attached hydrogens (tertiary/aromatic N) is 3. The van der Waals surface area contributed by atoms with Gasteiger partial charge in [-0.15, -0.1) is 0 Å². The van der Waals surface area contributed by atoms with Gasteiger partial charge in [0.2, 0.25) is 0 Å². The fraction of sp³-hybridized carbons (Fsp3) is 0.292. The minimum Gasteiger partial charge on any atom is -0.347 e. The van der Waals surface area contributed by atoms with E-state index in [2.05, 4.69) is 73.1 Å². The van der Waals surface area contributed by atoms with Gasteiger partial charge in [0.05, 0.1) is 0 Å². The van der Waals surface area contributed by atoms with Gasteiger partial charge in [0.25, 0.3) is 0 Å². The van der Waals surface area contributed by atoms with Crippen molar-refractivity contribution >= 4 is 22.2 Å². The maximum absolute atomic E-state index is 4.54. The Bertz CT molecular complexity index is 1080. The number of nitrogens with one attached hydrogen (secondary N) is 1. The quantitative estimate of drug-likeness (QED) is 0.506. The molecule has 1 saturated heterocycles. The van der Waals surface area contributed by atoms with Crippen LogP contribution in [0.25, 0.3) is 33.2 Å². The molecule has 0 spiro atoms. The van der Waals surface area contributed by atoms with Crippen LogP contribution in [0.4, 0.5) is 0 Å². The van der Waals surface area contributed by atoms with E-state index in [1.165, 1.54) is 59.2 Å². The summed E-state index contributed by atoms with van der Waals surface area (Å²) in [5.41, 5.74) is 6.19. The van der Waals surface area contributed by atoms with Gasteiger partial charge in [0.1, 0.15) is 0 Å². The van der Waals surface area contributed by atoms with Crippen LogP contribution in [0.15, 0.2) is 65.7 Å². The molecular formula is C24H26N4S. The molecule has 0 saturated carbocycles. The third-order valence-corrected chi connectivity index (χ3v) is 6.46. The summed E-state index contributed by atoms with van der Waals surface area (Å²) in [5.74, 6) is 0. The molecule has 1 fully saturated rings. The molecular weight excluding hydrogens is 376 g/mol. The molecule has 0 atom stereocenters. The smallest absolute Gasteiger partial charge is 0.0486 e. The summed E-state index contributed by atoms with van der Waals surface area (Å²) in [6.45, 7) is 6.77. The van der Waals surface area contributed by atoms with Gasteiger partial charge in [-0.05, 0) is 47.5 Å². The van der Waals surface area contributed by atoms with Crippen LogP contribution in [0, 0.1) is 0 Å². The third-order valence-electron chi connectivity index (χ3n) is 5.78. The molecule has 0 amide bonds. The number of para-hydroxylation sites is 1. The van der Waals surface area contributed by atoms with Crippen molar-refractivity contribution in [1.29, 1.82) is 0 Å². The standard InChI is InChI=1S/C24H26N4S/c1-2-5-24-22(4-1)23(17-28(24)10-3-9-27-11-7-25-8-12-27)21-14-20(15-26-16-21)19-6-13-29-18-19/h1-2,4-6,13-18,25H,3,7-12H2. The maximum atomic E-state index is 4.54. The number of aromatic nitrogens is 2. The Morgan fingerprint density at radius 2 is 1.83 bits per heavy atom. The van der Waals surface area contributed by atoms with Gasteiger partial charge in [-0.3, -0.25) is 4.98 Å². The predicted octanol–water partition coefficient (Wildman–Crippen LogP) is 4.73. The Hall–Kier alpha value is -2.47. The monoisotopic (exact) mass is 402 g/mol. The lowest BCUT2D eigenvalue weighted by Crippen LogP contribution is -2.43. The lowest BCUT2D eigenvalue weighted by Gasteiger charge is -2.27. The summed E-state index contributed by atoms with van der Waals surface area (Å²) >= 11 is 1.72. The topological polar surface area (TPSA) is 33.1 Å². The van der Waals surface area contributed by atoms with Crippen LogP contribution < -0.4 is 5.32 Å².